The monoisotopic (exact) mass is 375 g/mol. The van der Waals surface area contributed by atoms with Gasteiger partial charge in [-0.3, -0.25) is 9.59 Å². The predicted molar refractivity (Wildman–Crippen MR) is 102 cm³/mol. The summed E-state index contributed by atoms with van der Waals surface area (Å²) in [5.41, 5.74) is 0.561. The van der Waals surface area contributed by atoms with Gasteiger partial charge in [0.1, 0.15) is 11.5 Å². The van der Waals surface area contributed by atoms with Crippen molar-refractivity contribution in [3.63, 3.8) is 0 Å². The Hall–Kier alpha value is -2.28. The lowest BCUT2D eigenvalue weighted by Crippen LogP contribution is -2.46. The second-order valence-electron chi connectivity index (χ2n) is 7.25. The minimum atomic E-state index is -0.0597. The first-order chi connectivity index (χ1) is 13.1. The van der Waals surface area contributed by atoms with E-state index in [1.807, 2.05) is 4.90 Å². The van der Waals surface area contributed by atoms with E-state index in [0.717, 1.165) is 38.8 Å². The molecule has 2 aliphatic heterocycles. The zero-order valence-electron chi connectivity index (χ0n) is 16.1. The van der Waals surface area contributed by atoms with Gasteiger partial charge >= 0.3 is 0 Å². The highest BCUT2D eigenvalue weighted by Gasteiger charge is 2.27. The Morgan fingerprint density at radius 1 is 1.15 bits per heavy atom. The van der Waals surface area contributed by atoms with Crippen molar-refractivity contribution in [1.82, 2.24) is 15.5 Å². The second-order valence-corrected chi connectivity index (χ2v) is 7.25. The summed E-state index contributed by atoms with van der Waals surface area (Å²) in [5.74, 6) is 1.53. The van der Waals surface area contributed by atoms with Crippen LogP contribution in [0.3, 0.4) is 0 Å². The molecule has 0 spiro atoms. The van der Waals surface area contributed by atoms with Gasteiger partial charge in [0.25, 0.3) is 5.91 Å². The third-order valence-electron chi connectivity index (χ3n) is 5.35. The normalized spacial score (nSPS) is 22.4. The molecule has 7 nitrogen and oxygen atoms in total. The fraction of sp³-hybridized carbons (Fsp3) is 0.600. The van der Waals surface area contributed by atoms with Crippen LogP contribution in [0.4, 0.5) is 0 Å². The van der Waals surface area contributed by atoms with Gasteiger partial charge in [-0.2, -0.15) is 0 Å². The fourth-order valence-electron chi connectivity index (χ4n) is 3.81. The number of methoxy groups -OCH3 is 2. The maximum absolute atomic E-state index is 12.9. The molecule has 0 saturated carbocycles. The molecule has 0 bridgehead atoms. The van der Waals surface area contributed by atoms with Crippen molar-refractivity contribution in [2.45, 2.75) is 31.7 Å². The van der Waals surface area contributed by atoms with E-state index in [2.05, 4.69) is 10.6 Å². The topological polar surface area (TPSA) is 79.9 Å². The molecule has 1 aromatic rings. The molecule has 1 aromatic carbocycles. The first kappa shape index (κ1) is 19.5. The summed E-state index contributed by atoms with van der Waals surface area (Å²) in [6, 6.07) is 5.17. The van der Waals surface area contributed by atoms with Crippen LogP contribution < -0.4 is 20.1 Å². The summed E-state index contributed by atoms with van der Waals surface area (Å²) in [6.45, 7) is 2.90. The number of piperidine rings is 1. The quantitative estimate of drug-likeness (QED) is 0.786. The Labute approximate surface area is 160 Å². The van der Waals surface area contributed by atoms with Crippen LogP contribution >= 0.6 is 0 Å². The average molecular weight is 375 g/mol. The number of carbonyl (C=O) groups excluding carboxylic acids is 2. The fourth-order valence-corrected chi connectivity index (χ4v) is 3.81. The zero-order chi connectivity index (χ0) is 19.2. The molecule has 2 fully saturated rings. The molecule has 0 aromatic heterocycles. The molecule has 0 radical (unpaired) electrons. The van der Waals surface area contributed by atoms with Gasteiger partial charge in [-0.15, -0.1) is 0 Å². The number of carbonyl (C=O) groups is 2. The van der Waals surface area contributed by atoms with Crippen molar-refractivity contribution in [3.8, 4) is 11.5 Å². The lowest BCUT2D eigenvalue weighted by Gasteiger charge is -2.33. The van der Waals surface area contributed by atoms with Gasteiger partial charge in [0.15, 0.2) is 0 Å². The van der Waals surface area contributed by atoms with E-state index in [1.165, 1.54) is 0 Å². The van der Waals surface area contributed by atoms with Crippen molar-refractivity contribution >= 4 is 11.8 Å². The maximum atomic E-state index is 12.9. The van der Waals surface area contributed by atoms with Gasteiger partial charge in [0, 0.05) is 31.3 Å². The van der Waals surface area contributed by atoms with Gasteiger partial charge in [0.2, 0.25) is 5.91 Å². The van der Waals surface area contributed by atoms with Gasteiger partial charge in [-0.05, 0) is 50.3 Å². The molecule has 27 heavy (non-hydrogen) atoms. The smallest absolute Gasteiger partial charge is 0.254 e. The largest absolute Gasteiger partial charge is 0.497 e. The highest BCUT2D eigenvalue weighted by atomic mass is 16.5. The number of hydrogen-bond donors (Lipinski definition) is 2. The highest BCUT2D eigenvalue weighted by molar-refractivity contribution is 5.95. The number of ether oxygens (including phenoxy) is 2. The van der Waals surface area contributed by atoms with E-state index in [0.29, 0.717) is 30.2 Å². The number of amides is 2. The molecule has 2 N–H and O–H groups in total. The summed E-state index contributed by atoms with van der Waals surface area (Å²) < 4.78 is 10.5. The van der Waals surface area contributed by atoms with Crippen LogP contribution in [0.1, 0.15) is 36.0 Å². The molecule has 2 amide bonds. The Morgan fingerprint density at radius 2 is 1.89 bits per heavy atom. The van der Waals surface area contributed by atoms with E-state index in [9.17, 15) is 9.59 Å². The molecule has 3 rings (SSSR count). The Morgan fingerprint density at radius 3 is 2.52 bits per heavy atom. The first-order valence-corrected chi connectivity index (χ1v) is 9.64. The van der Waals surface area contributed by atoms with Crippen molar-refractivity contribution < 1.29 is 19.1 Å². The van der Waals surface area contributed by atoms with Crippen LogP contribution in [0.5, 0.6) is 11.5 Å². The summed E-state index contributed by atoms with van der Waals surface area (Å²) in [5, 5.41) is 6.26. The highest BCUT2D eigenvalue weighted by Crippen LogP contribution is 2.25. The molecule has 2 saturated heterocycles. The third-order valence-corrected chi connectivity index (χ3v) is 5.35. The summed E-state index contributed by atoms with van der Waals surface area (Å²) in [4.78, 5) is 27.0. The molecule has 0 aliphatic carbocycles. The van der Waals surface area contributed by atoms with Crippen molar-refractivity contribution in [3.05, 3.63) is 23.8 Å². The van der Waals surface area contributed by atoms with Crippen LogP contribution in [0.2, 0.25) is 0 Å². The molecule has 148 valence electrons. The Bertz CT molecular complexity index is 651. The number of benzene rings is 1. The molecule has 2 aliphatic rings. The first-order valence-electron chi connectivity index (χ1n) is 9.64. The minimum Gasteiger partial charge on any atom is -0.497 e. The predicted octanol–water partition coefficient (Wildman–Crippen LogP) is 1.42. The second kappa shape index (κ2) is 9.08. The van der Waals surface area contributed by atoms with E-state index in [-0.39, 0.29) is 23.8 Å². The van der Waals surface area contributed by atoms with Crippen LogP contribution in [0.25, 0.3) is 0 Å². The summed E-state index contributed by atoms with van der Waals surface area (Å²) in [7, 11) is 3.14. The number of nitrogens with zero attached hydrogens (tertiary/aromatic N) is 1. The Kier molecular flexibility index (Phi) is 6.55. The molecular formula is C20H29N3O4. The van der Waals surface area contributed by atoms with Crippen molar-refractivity contribution in [2.75, 3.05) is 40.4 Å². The number of hydrogen-bond acceptors (Lipinski definition) is 5. The van der Waals surface area contributed by atoms with Crippen LogP contribution in [0.15, 0.2) is 18.2 Å². The van der Waals surface area contributed by atoms with Crippen molar-refractivity contribution in [2.24, 2.45) is 5.92 Å². The van der Waals surface area contributed by atoms with Crippen LogP contribution in [-0.4, -0.2) is 63.2 Å². The number of nitrogens with one attached hydrogen (secondary N) is 2. The van der Waals surface area contributed by atoms with Gasteiger partial charge in [-0.25, -0.2) is 0 Å². The maximum Gasteiger partial charge on any atom is 0.254 e. The molecule has 7 heteroatoms. The average Bonchev–Trinajstić information content (AvgIpc) is 3.26. The van der Waals surface area contributed by atoms with E-state index < -0.39 is 0 Å². The van der Waals surface area contributed by atoms with Gasteiger partial charge < -0.3 is 25.0 Å². The van der Waals surface area contributed by atoms with E-state index >= 15 is 0 Å². The number of likely N-dealkylation sites (tertiary alicyclic amines) is 1. The summed E-state index contributed by atoms with van der Waals surface area (Å²) in [6.07, 6.45) is 3.91. The van der Waals surface area contributed by atoms with Crippen molar-refractivity contribution in [1.29, 1.82) is 0 Å². The van der Waals surface area contributed by atoms with Gasteiger partial charge in [0.05, 0.1) is 20.3 Å². The van der Waals surface area contributed by atoms with Gasteiger partial charge in [-0.1, -0.05) is 0 Å². The van der Waals surface area contributed by atoms with E-state index in [1.54, 1.807) is 32.4 Å². The number of rotatable bonds is 6. The zero-order valence-corrected chi connectivity index (χ0v) is 16.1. The third kappa shape index (κ3) is 4.91. The molecular weight excluding hydrogens is 346 g/mol. The van der Waals surface area contributed by atoms with Crippen LogP contribution in [0, 0.1) is 5.92 Å². The summed E-state index contributed by atoms with van der Waals surface area (Å²) >= 11 is 0. The lowest BCUT2D eigenvalue weighted by atomic mass is 9.97. The molecule has 2 heterocycles. The lowest BCUT2D eigenvalue weighted by molar-refractivity contribution is -0.123. The molecule has 2 atom stereocenters. The SMILES string of the molecule is COc1cc(OC)cc(C(=O)N2CCCC(CNC(=O)C3CCCN3)C2)c1. The minimum absolute atomic E-state index is 0.0271. The van der Waals surface area contributed by atoms with E-state index in [4.69, 9.17) is 9.47 Å². The molecule has 2 unspecified atom stereocenters. The standard InChI is InChI=1S/C20H29N3O4/c1-26-16-9-15(10-17(11-16)27-2)20(25)23-8-4-5-14(13-23)12-22-19(24)18-6-3-7-21-18/h9-11,14,18,21H,3-8,12-13H2,1-2H3,(H,22,24). The van der Waals surface area contributed by atoms with Crippen LogP contribution in [-0.2, 0) is 4.79 Å². The Balaban J connectivity index is 1.58.